The molecule has 24 heavy (non-hydrogen) atoms. The Hall–Kier alpha value is -0.870. The molecule has 0 aliphatic carbocycles. The average molecular weight is 450 g/mol. The summed E-state index contributed by atoms with van der Waals surface area (Å²) in [7, 11) is 1.81. The molecule has 0 amide bonds. The summed E-state index contributed by atoms with van der Waals surface area (Å²) in [4.78, 5) is 6.77. The van der Waals surface area contributed by atoms with E-state index in [0.717, 1.165) is 58.3 Å². The zero-order valence-corrected chi connectivity index (χ0v) is 17.3. The van der Waals surface area contributed by atoms with Crippen LogP contribution in [0.4, 0.5) is 0 Å². The summed E-state index contributed by atoms with van der Waals surface area (Å²) >= 11 is 0. The third kappa shape index (κ3) is 6.94. The Balaban J connectivity index is 0.00000288. The number of hydrogen-bond acceptors (Lipinski definition) is 4. The van der Waals surface area contributed by atoms with Crippen LogP contribution in [-0.4, -0.2) is 72.6 Å². The lowest BCUT2D eigenvalue weighted by Gasteiger charge is -2.41. The second-order valence-electron chi connectivity index (χ2n) is 6.39. The first kappa shape index (κ1) is 21.2. The topological polar surface area (TPSA) is 66.7 Å². The molecule has 1 saturated heterocycles. The second kappa shape index (κ2) is 10.9. The number of nitrogens with zero attached hydrogens (tertiary/aromatic N) is 4. The Morgan fingerprint density at radius 2 is 2.04 bits per heavy atom. The molecule has 7 nitrogen and oxygen atoms in total. The van der Waals surface area contributed by atoms with Gasteiger partial charge in [0.1, 0.15) is 0 Å². The van der Waals surface area contributed by atoms with Gasteiger partial charge in [-0.1, -0.05) is 0 Å². The van der Waals surface area contributed by atoms with Gasteiger partial charge in [0.15, 0.2) is 5.96 Å². The highest BCUT2D eigenvalue weighted by Crippen LogP contribution is 2.14. The summed E-state index contributed by atoms with van der Waals surface area (Å²) < 4.78 is 7.38. The van der Waals surface area contributed by atoms with Crippen molar-refractivity contribution in [2.75, 3.05) is 46.4 Å². The minimum atomic E-state index is 0. The molecule has 0 radical (unpaired) electrons. The summed E-state index contributed by atoms with van der Waals surface area (Å²) in [6, 6.07) is 1.95. The third-order valence-electron chi connectivity index (χ3n) is 4.19. The minimum absolute atomic E-state index is 0. The highest BCUT2D eigenvalue weighted by molar-refractivity contribution is 14.0. The van der Waals surface area contributed by atoms with Gasteiger partial charge in [-0.25, -0.2) is 0 Å². The minimum Gasteiger partial charge on any atom is -0.379 e. The first-order valence-electron chi connectivity index (χ1n) is 8.36. The zero-order chi connectivity index (χ0) is 16.5. The van der Waals surface area contributed by atoms with Crippen molar-refractivity contribution in [3.8, 4) is 0 Å². The van der Waals surface area contributed by atoms with Crippen molar-refractivity contribution < 1.29 is 4.74 Å². The van der Waals surface area contributed by atoms with E-state index in [2.05, 4.69) is 39.5 Å². The molecule has 1 aliphatic rings. The quantitative estimate of drug-likeness (QED) is 0.283. The van der Waals surface area contributed by atoms with Crippen LogP contribution in [0.15, 0.2) is 23.5 Å². The molecular formula is C16H31IN6O. The van der Waals surface area contributed by atoms with Gasteiger partial charge in [-0.3, -0.25) is 14.6 Å². The van der Waals surface area contributed by atoms with E-state index in [4.69, 9.17) is 4.74 Å². The number of ether oxygens (including phenoxy) is 1. The van der Waals surface area contributed by atoms with Crippen LogP contribution in [0.3, 0.4) is 0 Å². The standard InChI is InChI=1S/C16H30N6O.HI/c1-16(2,21-10-12-23-13-11-21)14-19-15(17-3)18-6-4-8-22-9-5-7-20-22;/h5,7,9H,4,6,8,10-14H2,1-3H3,(H2,17,18,19);1H. The van der Waals surface area contributed by atoms with Gasteiger partial charge in [0.25, 0.3) is 0 Å². The molecule has 1 fully saturated rings. The summed E-state index contributed by atoms with van der Waals surface area (Å²) in [6.07, 6.45) is 4.80. The SMILES string of the molecule is CN=C(NCCCn1cccn1)NCC(C)(C)N1CCOCC1.I. The molecule has 1 aliphatic heterocycles. The van der Waals surface area contributed by atoms with Crippen LogP contribution in [0.5, 0.6) is 0 Å². The van der Waals surface area contributed by atoms with Crippen molar-refractivity contribution in [1.82, 2.24) is 25.3 Å². The Morgan fingerprint density at radius 3 is 2.67 bits per heavy atom. The number of halogens is 1. The maximum atomic E-state index is 5.43. The molecule has 1 aromatic rings. The maximum Gasteiger partial charge on any atom is 0.191 e. The van der Waals surface area contributed by atoms with E-state index in [-0.39, 0.29) is 29.5 Å². The molecule has 0 spiro atoms. The number of guanidine groups is 1. The molecule has 2 rings (SSSR count). The largest absolute Gasteiger partial charge is 0.379 e. The van der Waals surface area contributed by atoms with E-state index in [0.29, 0.717) is 0 Å². The van der Waals surface area contributed by atoms with E-state index < -0.39 is 0 Å². The van der Waals surface area contributed by atoms with Gasteiger partial charge in [0.05, 0.1) is 13.2 Å². The van der Waals surface area contributed by atoms with Crippen LogP contribution in [0.2, 0.25) is 0 Å². The van der Waals surface area contributed by atoms with Crippen molar-refractivity contribution in [3.63, 3.8) is 0 Å². The molecule has 2 N–H and O–H groups in total. The zero-order valence-electron chi connectivity index (χ0n) is 15.0. The van der Waals surface area contributed by atoms with Crippen LogP contribution in [0.25, 0.3) is 0 Å². The summed E-state index contributed by atoms with van der Waals surface area (Å²) in [6.45, 7) is 10.8. The lowest BCUT2D eigenvalue weighted by atomic mass is 10.0. The smallest absolute Gasteiger partial charge is 0.191 e. The van der Waals surface area contributed by atoms with Gasteiger partial charge >= 0.3 is 0 Å². The number of rotatable bonds is 7. The molecular weight excluding hydrogens is 419 g/mol. The van der Waals surface area contributed by atoms with Gasteiger partial charge in [-0.15, -0.1) is 24.0 Å². The van der Waals surface area contributed by atoms with Gasteiger partial charge in [-0.2, -0.15) is 5.10 Å². The predicted molar refractivity (Wildman–Crippen MR) is 108 cm³/mol. The van der Waals surface area contributed by atoms with E-state index in [1.807, 2.05) is 30.2 Å². The lowest BCUT2D eigenvalue weighted by molar-refractivity contribution is -0.00833. The third-order valence-corrected chi connectivity index (χ3v) is 4.19. The van der Waals surface area contributed by atoms with E-state index >= 15 is 0 Å². The molecule has 2 heterocycles. The number of aliphatic imine (C=N–C) groups is 1. The van der Waals surface area contributed by atoms with Gasteiger partial charge in [0, 0.05) is 57.7 Å². The van der Waals surface area contributed by atoms with E-state index in [1.54, 1.807) is 0 Å². The molecule has 0 aromatic carbocycles. The van der Waals surface area contributed by atoms with Crippen LogP contribution >= 0.6 is 24.0 Å². The summed E-state index contributed by atoms with van der Waals surface area (Å²) in [5.74, 6) is 0.854. The molecule has 8 heteroatoms. The molecule has 1 aromatic heterocycles. The Labute approximate surface area is 162 Å². The van der Waals surface area contributed by atoms with Gasteiger partial charge in [0.2, 0.25) is 0 Å². The Morgan fingerprint density at radius 1 is 1.29 bits per heavy atom. The Bertz CT molecular complexity index is 471. The fourth-order valence-electron chi connectivity index (χ4n) is 2.68. The normalized spacial score (nSPS) is 16.5. The van der Waals surface area contributed by atoms with Crippen molar-refractivity contribution in [3.05, 3.63) is 18.5 Å². The first-order valence-corrected chi connectivity index (χ1v) is 8.36. The maximum absolute atomic E-state index is 5.43. The monoisotopic (exact) mass is 450 g/mol. The first-order chi connectivity index (χ1) is 11.1. The molecule has 138 valence electrons. The fourth-order valence-corrected chi connectivity index (χ4v) is 2.68. The van der Waals surface area contributed by atoms with E-state index in [1.165, 1.54) is 0 Å². The van der Waals surface area contributed by atoms with Crippen molar-refractivity contribution in [1.29, 1.82) is 0 Å². The number of aromatic nitrogens is 2. The van der Waals surface area contributed by atoms with Gasteiger partial charge in [-0.05, 0) is 26.3 Å². The molecule has 0 bridgehead atoms. The second-order valence-corrected chi connectivity index (χ2v) is 6.39. The van der Waals surface area contributed by atoms with Gasteiger partial charge < -0.3 is 15.4 Å². The van der Waals surface area contributed by atoms with Crippen LogP contribution in [0.1, 0.15) is 20.3 Å². The van der Waals surface area contributed by atoms with Crippen molar-refractivity contribution in [2.24, 2.45) is 4.99 Å². The molecule has 0 atom stereocenters. The average Bonchev–Trinajstić information content (AvgIpc) is 3.08. The summed E-state index contributed by atoms with van der Waals surface area (Å²) in [5.41, 5.74) is 0.0798. The van der Waals surface area contributed by atoms with E-state index in [9.17, 15) is 0 Å². The molecule has 0 unspecified atom stereocenters. The highest BCUT2D eigenvalue weighted by Gasteiger charge is 2.28. The number of morpholine rings is 1. The number of hydrogen-bond donors (Lipinski definition) is 2. The predicted octanol–water partition coefficient (Wildman–Crippen LogP) is 1.17. The molecule has 0 saturated carbocycles. The Kier molecular flexibility index (Phi) is 9.60. The lowest BCUT2D eigenvalue weighted by Crippen LogP contribution is -2.56. The van der Waals surface area contributed by atoms with Crippen LogP contribution in [-0.2, 0) is 11.3 Å². The summed E-state index contributed by atoms with van der Waals surface area (Å²) in [5, 5.41) is 11.0. The van der Waals surface area contributed by atoms with Crippen molar-refractivity contribution >= 4 is 29.9 Å². The number of aryl methyl sites for hydroxylation is 1. The van der Waals surface area contributed by atoms with Crippen LogP contribution < -0.4 is 10.6 Å². The van der Waals surface area contributed by atoms with Crippen LogP contribution in [0, 0.1) is 0 Å². The fraction of sp³-hybridized carbons (Fsp3) is 0.750. The number of nitrogens with one attached hydrogen (secondary N) is 2. The van der Waals surface area contributed by atoms with Crippen molar-refractivity contribution in [2.45, 2.75) is 32.4 Å². The highest BCUT2D eigenvalue weighted by atomic mass is 127.